The van der Waals surface area contributed by atoms with Crippen LogP contribution in [0.3, 0.4) is 0 Å². The van der Waals surface area contributed by atoms with Gasteiger partial charge >= 0.3 is 0 Å². The Bertz CT molecular complexity index is 559. The van der Waals surface area contributed by atoms with E-state index >= 15 is 0 Å². The molecule has 0 amide bonds. The highest BCUT2D eigenvalue weighted by Crippen LogP contribution is 2.23. The molecule has 2 heterocycles. The van der Waals surface area contributed by atoms with Crippen LogP contribution in [0.2, 0.25) is 0 Å². The van der Waals surface area contributed by atoms with E-state index in [0.717, 1.165) is 11.4 Å². The fourth-order valence-corrected chi connectivity index (χ4v) is 4.20. The van der Waals surface area contributed by atoms with Crippen molar-refractivity contribution in [2.45, 2.75) is 44.5 Å². The zero-order valence-corrected chi connectivity index (χ0v) is 13.2. The van der Waals surface area contributed by atoms with Crippen LogP contribution in [-0.2, 0) is 22.8 Å². The van der Waals surface area contributed by atoms with Gasteiger partial charge in [0.05, 0.1) is 28.7 Å². The van der Waals surface area contributed by atoms with Gasteiger partial charge in [-0.2, -0.15) is 0 Å². The molecule has 6 nitrogen and oxygen atoms in total. The molecule has 1 aromatic heterocycles. The van der Waals surface area contributed by atoms with Gasteiger partial charge in [-0.25, -0.2) is 13.4 Å². The molecule has 1 atom stereocenters. The zero-order chi connectivity index (χ0) is 15.0. The number of hydrogen-bond donors (Lipinski definition) is 2. The average Bonchev–Trinajstić information content (AvgIpc) is 2.77. The minimum atomic E-state index is -3.05. The molecule has 1 aromatic rings. The van der Waals surface area contributed by atoms with Gasteiger partial charge in [0, 0.05) is 31.6 Å². The van der Waals surface area contributed by atoms with Crippen LogP contribution < -0.4 is 5.73 Å². The molecule has 0 aliphatic carbocycles. The lowest BCUT2D eigenvalue weighted by Gasteiger charge is -2.41. The Morgan fingerprint density at radius 3 is 2.80 bits per heavy atom. The lowest BCUT2D eigenvalue weighted by molar-refractivity contribution is 0.138. The quantitative estimate of drug-likeness (QED) is 0.838. The molecule has 2 rings (SSSR count). The maximum Gasteiger partial charge on any atom is 0.156 e. The highest BCUT2D eigenvalue weighted by molar-refractivity contribution is 7.92. The number of hydrogen-bond acceptors (Lipinski definition) is 5. The summed E-state index contributed by atoms with van der Waals surface area (Å²) in [4.78, 5) is 9.41. The van der Waals surface area contributed by atoms with Crippen LogP contribution >= 0.6 is 0 Å². The molecule has 1 saturated heterocycles. The fraction of sp³-hybridized carbons (Fsp3) is 0.769. The minimum Gasteiger partial charge on any atom is -0.347 e. The van der Waals surface area contributed by atoms with Crippen LogP contribution in [-0.4, -0.2) is 52.9 Å². The Kier molecular flexibility index (Phi) is 4.22. The van der Waals surface area contributed by atoms with Gasteiger partial charge in [0.2, 0.25) is 0 Å². The monoisotopic (exact) mass is 300 g/mol. The summed E-state index contributed by atoms with van der Waals surface area (Å²) in [7, 11) is -3.05. The number of sulfone groups is 1. The van der Waals surface area contributed by atoms with E-state index in [1.165, 1.54) is 0 Å². The highest BCUT2D eigenvalue weighted by Gasteiger charge is 2.37. The maximum atomic E-state index is 12.3. The summed E-state index contributed by atoms with van der Waals surface area (Å²) in [5.41, 5.74) is 7.22. The summed E-state index contributed by atoms with van der Waals surface area (Å²) in [5.74, 6) is 0.220. The molecular weight excluding hydrogens is 276 g/mol. The molecule has 7 heteroatoms. The first-order valence-corrected chi connectivity index (χ1v) is 8.63. The number of rotatable bonds is 3. The van der Waals surface area contributed by atoms with Crippen molar-refractivity contribution >= 4 is 9.84 Å². The number of nitrogens with one attached hydrogen (secondary N) is 1. The van der Waals surface area contributed by atoms with Crippen molar-refractivity contribution in [1.82, 2.24) is 14.9 Å². The van der Waals surface area contributed by atoms with E-state index in [4.69, 9.17) is 5.73 Å². The van der Waals surface area contributed by atoms with Crippen LogP contribution in [0.15, 0.2) is 6.33 Å². The third-order valence-electron chi connectivity index (χ3n) is 3.96. The lowest BCUT2D eigenvalue weighted by atomic mass is 10.0. The van der Waals surface area contributed by atoms with Crippen molar-refractivity contribution in [1.29, 1.82) is 0 Å². The van der Waals surface area contributed by atoms with Crippen molar-refractivity contribution in [3.8, 4) is 0 Å². The van der Waals surface area contributed by atoms with E-state index in [0.29, 0.717) is 26.1 Å². The largest absolute Gasteiger partial charge is 0.347 e. The van der Waals surface area contributed by atoms with E-state index in [1.54, 1.807) is 6.33 Å². The number of aromatic nitrogens is 2. The lowest BCUT2D eigenvalue weighted by Crippen LogP contribution is -2.54. The van der Waals surface area contributed by atoms with Crippen molar-refractivity contribution < 1.29 is 8.42 Å². The molecule has 20 heavy (non-hydrogen) atoms. The molecule has 1 unspecified atom stereocenters. The maximum absolute atomic E-state index is 12.3. The Hall–Kier alpha value is -0.920. The smallest absolute Gasteiger partial charge is 0.156 e. The summed E-state index contributed by atoms with van der Waals surface area (Å²) in [6.45, 7) is 7.85. The predicted molar refractivity (Wildman–Crippen MR) is 79.1 cm³/mol. The summed E-state index contributed by atoms with van der Waals surface area (Å²) >= 11 is 0. The minimum absolute atomic E-state index is 0.0174. The van der Waals surface area contributed by atoms with Crippen molar-refractivity contribution in [3.63, 3.8) is 0 Å². The van der Waals surface area contributed by atoms with Gasteiger partial charge in [-0.1, -0.05) is 0 Å². The summed E-state index contributed by atoms with van der Waals surface area (Å²) < 4.78 is 24.6. The topological polar surface area (TPSA) is 92.1 Å². The molecule has 1 fully saturated rings. The molecule has 0 bridgehead atoms. The molecule has 1 aliphatic heterocycles. The molecule has 0 saturated carbocycles. The number of imidazole rings is 1. The Balaban J connectivity index is 2.19. The molecule has 0 aromatic carbocycles. The Morgan fingerprint density at radius 2 is 2.20 bits per heavy atom. The molecule has 0 radical (unpaired) electrons. The average molecular weight is 300 g/mol. The molecule has 3 N–H and O–H groups in total. The van der Waals surface area contributed by atoms with E-state index in [9.17, 15) is 8.42 Å². The van der Waals surface area contributed by atoms with Crippen LogP contribution in [0.4, 0.5) is 0 Å². The van der Waals surface area contributed by atoms with Gasteiger partial charge in [-0.05, 0) is 20.8 Å². The third-order valence-corrected chi connectivity index (χ3v) is 6.04. The van der Waals surface area contributed by atoms with Gasteiger partial charge in [-0.15, -0.1) is 0 Å². The predicted octanol–water partition coefficient (Wildman–Crippen LogP) is 0.308. The van der Waals surface area contributed by atoms with E-state index in [2.05, 4.69) is 35.6 Å². The van der Waals surface area contributed by atoms with Gasteiger partial charge < -0.3 is 10.7 Å². The summed E-state index contributed by atoms with van der Waals surface area (Å²) in [5, 5.41) is -0.399. The third kappa shape index (κ3) is 3.21. The standard InChI is InChI=1S/C13H24N4O2S/c1-13(2,3)17-4-5-20(18,19)10(8-17)6-11-12(7-14)16-9-15-11/h9-10H,4-8,14H2,1-3H3,(H,15,16). The number of H-pyrrole nitrogens is 1. The summed E-state index contributed by atoms with van der Waals surface area (Å²) in [6, 6.07) is 0. The Morgan fingerprint density at radius 1 is 1.50 bits per heavy atom. The SMILES string of the molecule is CC(C)(C)N1CCS(=O)(=O)C(Cc2nc[nH]c2CN)C1. The number of aromatic amines is 1. The van der Waals surface area contributed by atoms with Crippen LogP contribution in [0.1, 0.15) is 32.2 Å². The van der Waals surface area contributed by atoms with Crippen LogP contribution in [0.25, 0.3) is 0 Å². The second kappa shape index (κ2) is 5.46. The normalized spacial score (nSPS) is 23.9. The second-order valence-electron chi connectivity index (χ2n) is 6.34. The first-order valence-electron chi connectivity index (χ1n) is 6.92. The van der Waals surface area contributed by atoms with Crippen molar-refractivity contribution in [3.05, 3.63) is 17.7 Å². The van der Waals surface area contributed by atoms with E-state index in [1.807, 2.05) is 0 Å². The van der Waals surface area contributed by atoms with Gasteiger partial charge in [0.15, 0.2) is 9.84 Å². The van der Waals surface area contributed by atoms with E-state index < -0.39 is 15.1 Å². The Labute approximate surface area is 120 Å². The first-order chi connectivity index (χ1) is 9.24. The zero-order valence-electron chi connectivity index (χ0n) is 12.4. The van der Waals surface area contributed by atoms with Crippen molar-refractivity contribution in [2.24, 2.45) is 5.73 Å². The molecule has 114 valence electrons. The highest BCUT2D eigenvalue weighted by atomic mass is 32.2. The van der Waals surface area contributed by atoms with Crippen LogP contribution in [0.5, 0.6) is 0 Å². The molecule has 1 aliphatic rings. The van der Waals surface area contributed by atoms with E-state index in [-0.39, 0.29) is 11.3 Å². The number of nitrogens with two attached hydrogens (primary N) is 1. The summed E-state index contributed by atoms with van der Waals surface area (Å²) in [6.07, 6.45) is 2.01. The number of nitrogens with zero attached hydrogens (tertiary/aromatic N) is 2. The van der Waals surface area contributed by atoms with Crippen molar-refractivity contribution in [2.75, 3.05) is 18.8 Å². The molecule has 0 spiro atoms. The first kappa shape index (κ1) is 15.5. The van der Waals surface area contributed by atoms with Gasteiger partial charge in [0.25, 0.3) is 0 Å². The molecular formula is C13H24N4O2S. The fourth-order valence-electron chi connectivity index (χ4n) is 2.57. The van der Waals surface area contributed by atoms with Gasteiger partial charge in [0.1, 0.15) is 0 Å². The van der Waals surface area contributed by atoms with Crippen LogP contribution in [0, 0.1) is 0 Å². The second-order valence-corrected chi connectivity index (χ2v) is 8.74. The van der Waals surface area contributed by atoms with Gasteiger partial charge in [-0.3, -0.25) is 4.90 Å².